The Labute approximate surface area is 92.0 Å². The highest BCUT2D eigenvalue weighted by Gasteiger charge is 2.19. The molecular formula is C11H12N2OS. The van der Waals surface area contributed by atoms with Crippen molar-refractivity contribution in [1.82, 2.24) is 9.55 Å². The van der Waals surface area contributed by atoms with E-state index in [4.69, 9.17) is 0 Å². The lowest BCUT2D eigenvalue weighted by atomic mass is 10.1. The van der Waals surface area contributed by atoms with Crippen molar-refractivity contribution in [3.8, 4) is 10.6 Å². The van der Waals surface area contributed by atoms with Crippen molar-refractivity contribution < 1.29 is 5.11 Å². The van der Waals surface area contributed by atoms with E-state index in [0.717, 1.165) is 30.8 Å². The number of aliphatic hydroxyl groups is 1. The third-order valence-corrected chi connectivity index (χ3v) is 3.66. The largest absolute Gasteiger partial charge is 0.373 e. The number of hydrogen-bond donors (Lipinski definition) is 1. The summed E-state index contributed by atoms with van der Waals surface area (Å²) in [6, 6.07) is 4.08. The predicted octanol–water partition coefficient (Wildman–Crippen LogP) is 2.44. The molecule has 0 aliphatic carbocycles. The van der Waals surface area contributed by atoms with E-state index in [2.05, 4.69) is 11.1 Å². The van der Waals surface area contributed by atoms with Crippen LogP contribution in [0.4, 0.5) is 0 Å². The predicted molar refractivity (Wildman–Crippen MR) is 59.7 cm³/mol. The Kier molecular flexibility index (Phi) is 2.11. The number of thiophene rings is 1. The van der Waals surface area contributed by atoms with E-state index in [0.29, 0.717) is 0 Å². The zero-order valence-corrected chi connectivity index (χ0v) is 9.07. The topological polar surface area (TPSA) is 38.1 Å². The van der Waals surface area contributed by atoms with Crippen LogP contribution in [0.3, 0.4) is 0 Å². The number of nitrogens with zero attached hydrogens (tertiary/aromatic N) is 2. The Morgan fingerprint density at radius 3 is 3.20 bits per heavy atom. The summed E-state index contributed by atoms with van der Waals surface area (Å²) in [7, 11) is 0. The van der Waals surface area contributed by atoms with Crippen LogP contribution in [0.1, 0.15) is 24.9 Å². The number of aliphatic hydroxyl groups excluding tert-OH is 1. The summed E-state index contributed by atoms with van der Waals surface area (Å²) in [4.78, 5) is 5.73. The molecule has 0 saturated carbocycles. The Hall–Kier alpha value is -1.13. The van der Waals surface area contributed by atoms with E-state index >= 15 is 0 Å². The van der Waals surface area contributed by atoms with Crippen LogP contribution < -0.4 is 0 Å². The van der Waals surface area contributed by atoms with Crippen LogP contribution in [0.15, 0.2) is 23.7 Å². The van der Waals surface area contributed by atoms with E-state index in [1.807, 2.05) is 22.2 Å². The molecule has 3 heterocycles. The van der Waals surface area contributed by atoms with E-state index in [-0.39, 0.29) is 6.23 Å². The second kappa shape index (κ2) is 3.47. The summed E-state index contributed by atoms with van der Waals surface area (Å²) in [6.07, 6.45) is 4.43. The molecule has 0 saturated heterocycles. The smallest absolute Gasteiger partial charge is 0.131 e. The zero-order valence-electron chi connectivity index (χ0n) is 8.26. The summed E-state index contributed by atoms with van der Waals surface area (Å²) in [5, 5.41) is 11.8. The number of fused-ring (bicyclic) bond motifs is 1. The van der Waals surface area contributed by atoms with Gasteiger partial charge in [0.15, 0.2) is 0 Å². The van der Waals surface area contributed by atoms with Gasteiger partial charge in [-0.1, -0.05) is 6.07 Å². The maximum Gasteiger partial charge on any atom is 0.131 e. The quantitative estimate of drug-likeness (QED) is 0.801. The molecule has 78 valence electrons. The van der Waals surface area contributed by atoms with E-state index in [9.17, 15) is 5.11 Å². The molecule has 1 unspecified atom stereocenters. The van der Waals surface area contributed by atoms with E-state index < -0.39 is 0 Å². The highest BCUT2D eigenvalue weighted by molar-refractivity contribution is 7.13. The van der Waals surface area contributed by atoms with Crippen molar-refractivity contribution in [2.75, 3.05) is 0 Å². The first-order valence-electron chi connectivity index (χ1n) is 5.14. The number of aryl methyl sites for hydroxylation is 1. The fourth-order valence-corrected chi connectivity index (χ4v) is 2.68. The summed E-state index contributed by atoms with van der Waals surface area (Å²) in [6.45, 7) is 0. The lowest BCUT2D eigenvalue weighted by molar-refractivity contribution is 0.0781. The average Bonchev–Trinajstić information content (AvgIpc) is 2.86. The SMILES string of the molecule is OC1CCCc2nc(-c3cccs3)cn21. The van der Waals surface area contributed by atoms with Gasteiger partial charge in [-0.2, -0.15) is 0 Å². The normalized spacial score (nSPS) is 20.2. The summed E-state index contributed by atoms with van der Waals surface area (Å²) in [5.74, 6) is 1.01. The van der Waals surface area contributed by atoms with Crippen LogP contribution in [0, 0.1) is 0 Å². The monoisotopic (exact) mass is 220 g/mol. The van der Waals surface area contributed by atoms with Gasteiger partial charge in [0.25, 0.3) is 0 Å². The van der Waals surface area contributed by atoms with Crippen molar-refractivity contribution in [3.05, 3.63) is 29.5 Å². The molecule has 15 heavy (non-hydrogen) atoms. The first kappa shape index (κ1) is 9.12. The minimum Gasteiger partial charge on any atom is -0.373 e. The highest BCUT2D eigenvalue weighted by atomic mass is 32.1. The van der Waals surface area contributed by atoms with E-state index in [1.165, 1.54) is 4.88 Å². The van der Waals surface area contributed by atoms with Crippen molar-refractivity contribution in [2.45, 2.75) is 25.5 Å². The Morgan fingerprint density at radius 1 is 1.53 bits per heavy atom. The Morgan fingerprint density at radius 2 is 2.47 bits per heavy atom. The molecular weight excluding hydrogens is 208 g/mol. The standard InChI is InChI=1S/C11H12N2OS/c14-11-5-1-4-10-12-8(7-13(10)11)9-3-2-6-15-9/h2-3,6-7,11,14H,1,4-5H2. The average molecular weight is 220 g/mol. The van der Waals surface area contributed by atoms with Gasteiger partial charge in [-0.3, -0.25) is 0 Å². The van der Waals surface area contributed by atoms with Gasteiger partial charge in [-0.25, -0.2) is 4.98 Å². The third kappa shape index (κ3) is 1.50. The first-order valence-corrected chi connectivity index (χ1v) is 6.02. The molecule has 1 aliphatic heterocycles. The molecule has 1 N–H and O–H groups in total. The molecule has 2 aromatic heterocycles. The van der Waals surface area contributed by atoms with Crippen LogP contribution in [0.2, 0.25) is 0 Å². The molecule has 0 radical (unpaired) electrons. The molecule has 3 rings (SSSR count). The number of rotatable bonds is 1. The number of imidazole rings is 1. The molecule has 0 spiro atoms. The summed E-state index contributed by atoms with van der Waals surface area (Å²) in [5.41, 5.74) is 0.987. The van der Waals surface area contributed by atoms with Crippen molar-refractivity contribution >= 4 is 11.3 Å². The molecule has 0 fully saturated rings. The van der Waals surface area contributed by atoms with Gasteiger partial charge in [0.05, 0.1) is 10.6 Å². The highest BCUT2D eigenvalue weighted by Crippen LogP contribution is 2.29. The summed E-state index contributed by atoms with van der Waals surface area (Å²) < 4.78 is 1.90. The molecule has 0 amide bonds. The minimum absolute atomic E-state index is 0.380. The Bertz CT molecular complexity index is 461. The minimum atomic E-state index is -0.380. The molecule has 2 aromatic rings. The second-order valence-corrected chi connectivity index (χ2v) is 4.75. The fourth-order valence-electron chi connectivity index (χ4n) is 2.00. The van der Waals surface area contributed by atoms with E-state index in [1.54, 1.807) is 11.3 Å². The first-order chi connectivity index (χ1) is 7.34. The molecule has 3 nitrogen and oxygen atoms in total. The van der Waals surface area contributed by atoms with Gasteiger partial charge >= 0.3 is 0 Å². The Balaban J connectivity index is 2.06. The van der Waals surface area contributed by atoms with Crippen molar-refractivity contribution in [1.29, 1.82) is 0 Å². The van der Waals surface area contributed by atoms with Crippen molar-refractivity contribution in [3.63, 3.8) is 0 Å². The van der Waals surface area contributed by atoms with Crippen LogP contribution in [-0.2, 0) is 6.42 Å². The summed E-state index contributed by atoms with van der Waals surface area (Å²) >= 11 is 1.68. The second-order valence-electron chi connectivity index (χ2n) is 3.80. The van der Waals surface area contributed by atoms with Gasteiger partial charge in [-0.05, 0) is 24.3 Å². The van der Waals surface area contributed by atoms with Crippen LogP contribution in [-0.4, -0.2) is 14.7 Å². The van der Waals surface area contributed by atoms with Crippen LogP contribution >= 0.6 is 11.3 Å². The lowest BCUT2D eigenvalue weighted by Gasteiger charge is -2.19. The maximum absolute atomic E-state index is 9.80. The van der Waals surface area contributed by atoms with Crippen molar-refractivity contribution in [2.24, 2.45) is 0 Å². The van der Waals surface area contributed by atoms with Gasteiger partial charge < -0.3 is 9.67 Å². The molecule has 1 atom stereocenters. The third-order valence-electron chi connectivity index (χ3n) is 2.77. The molecule has 0 aromatic carbocycles. The molecule has 0 bridgehead atoms. The van der Waals surface area contributed by atoms with Gasteiger partial charge in [0, 0.05) is 12.6 Å². The van der Waals surface area contributed by atoms with Gasteiger partial charge in [-0.15, -0.1) is 11.3 Å². The number of aromatic nitrogens is 2. The maximum atomic E-state index is 9.80. The molecule has 1 aliphatic rings. The number of hydrogen-bond acceptors (Lipinski definition) is 3. The molecule has 4 heteroatoms. The van der Waals surface area contributed by atoms with Gasteiger partial charge in [0.2, 0.25) is 0 Å². The van der Waals surface area contributed by atoms with Crippen LogP contribution in [0.5, 0.6) is 0 Å². The lowest BCUT2D eigenvalue weighted by Crippen LogP contribution is -2.16. The van der Waals surface area contributed by atoms with Crippen LogP contribution in [0.25, 0.3) is 10.6 Å². The van der Waals surface area contributed by atoms with Gasteiger partial charge in [0.1, 0.15) is 12.1 Å². The fraction of sp³-hybridized carbons (Fsp3) is 0.364. The zero-order chi connectivity index (χ0) is 10.3.